The minimum atomic E-state index is -3.36. The van der Waals surface area contributed by atoms with Crippen molar-refractivity contribution in [2.24, 2.45) is 0 Å². The van der Waals surface area contributed by atoms with Gasteiger partial charge in [-0.2, -0.15) is 0 Å². The number of benzene rings is 1. The number of sulfonamides is 1. The highest BCUT2D eigenvalue weighted by Crippen LogP contribution is 2.18. The first-order valence-corrected chi connectivity index (χ1v) is 7.06. The molecule has 1 aromatic carbocycles. The first-order chi connectivity index (χ1) is 8.02. The maximum absolute atomic E-state index is 12.1. The molecule has 0 aliphatic heterocycles. The Bertz CT molecular complexity index is 439. The van der Waals surface area contributed by atoms with Crippen LogP contribution in [-0.4, -0.2) is 33.4 Å². The highest BCUT2D eigenvalue weighted by Gasteiger charge is 2.19. The Morgan fingerprint density at radius 2 is 1.82 bits per heavy atom. The number of hydrogen-bond acceptors (Lipinski definition) is 3. The van der Waals surface area contributed by atoms with Crippen molar-refractivity contribution in [3.63, 3.8) is 0 Å². The summed E-state index contributed by atoms with van der Waals surface area (Å²) in [5.41, 5.74) is 0. The van der Waals surface area contributed by atoms with Gasteiger partial charge >= 0.3 is 0 Å². The van der Waals surface area contributed by atoms with Gasteiger partial charge in [0.2, 0.25) is 10.0 Å². The summed E-state index contributed by atoms with van der Waals surface area (Å²) in [5.74, 6) is 0.653. The van der Waals surface area contributed by atoms with Crippen LogP contribution in [0.15, 0.2) is 29.2 Å². The van der Waals surface area contributed by atoms with E-state index in [4.69, 9.17) is 4.74 Å². The summed E-state index contributed by atoms with van der Waals surface area (Å²) in [7, 11) is -0.200. The van der Waals surface area contributed by atoms with Gasteiger partial charge in [-0.3, -0.25) is 0 Å². The predicted octanol–water partition coefficient (Wildman–Crippen LogP) is 2.12. The van der Waals surface area contributed by atoms with Gasteiger partial charge in [-0.15, -0.1) is 0 Å². The molecular formula is C12H19NO3S. The third-order valence-corrected chi connectivity index (χ3v) is 4.47. The largest absolute Gasteiger partial charge is 0.497 e. The van der Waals surface area contributed by atoms with Gasteiger partial charge < -0.3 is 4.74 Å². The van der Waals surface area contributed by atoms with Crippen molar-refractivity contribution >= 4 is 10.0 Å². The van der Waals surface area contributed by atoms with Crippen LogP contribution in [0, 0.1) is 0 Å². The van der Waals surface area contributed by atoms with Crippen LogP contribution in [0.4, 0.5) is 0 Å². The van der Waals surface area contributed by atoms with Crippen molar-refractivity contribution in [1.29, 1.82) is 0 Å². The zero-order chi connectivity index (χ0) is 12.9. The normalized spacial score (nSPS) is 11.8. The summed E-state index contributed by atoms with van der Waals surface area (Å²) in [5, 5.41) is 0. The summed E-state index contributed by atoms with van der Waals surface area (Å²) in [6, 6.07) is 6.44. The molecule has 0 fully saturated rings. The lowest BCUT2D eigenvalue weighted by atomic mass is 10.3. The van der Waals surface area contributed by atoms with E-state index in [1.165, 1.54) is 4.31 Å². The van der Waals surface area contributed by atoms with E-state index in [9.17, 15) is 8.42 Å². The van der Waals surface area contributed by atoms with Crippen molar-refractivity contribution in [3.05, 3.63) is 24.3 Å². The number of unbranched alkanes of at least 4 members (excludes halogenated alkanes) is 1. The van der Waals surface area contributed by atoms with Crippen LogP contribution in [0.1, 0.15) is 19.8 Å². The first kappa shape index (κ1) is 14.0. The lowest BCUT2D eigenvalue weighted by molar-refractivity contribution is 0.414. The van der Waals surface area contributed by atoms with E-state index in [1.54, 1.807) is 38.4 Å². The summed E-state index contributed by atoms with van der Waals surface area (Å²) in [6.45, 7) is 2.58. The number of rotatable bonds is 6. The van der Waals surface area contributed by atoms with Crippen LogP contribution in [0.3, 0.4) is 0 Å². The van der Waals surface area contributed by atoms with Gasteiger partial charge in [-0.05, 0) is 30.7 Å². The average molecular weight is 257 g/mol. The molecule has 0 aliphatic rings. The molecule has 0 heterocycles. The van der Waals surface area contributed by atoms with Gasteiger partial charge in [0, 0.05) is 13.6 Å². The molecule has 0 aliphatic carbocycles. The van der Waals surface area contributed by atoms with Crippen LogP contribution < -0.4 is 4.74 Å². The van der Waals surface area contributed by atoms with Gasteiger partial charge in [0.25, 0.3) is 0 Å². The molecule has 0 N–H and O–H groups in total. The van der Waals surface area contributed by atoms with Crippen LogP contribution in [0.2, 0.25) is 0 Å². The Hall–Kier alpha value is -1.07. The van der Waals surface area contributed by atoms with Crippen LogP contribution in [0.25, 0.3) is 0 Å². The van der Waals surface area contributed by atoms with E-state index >= 15 is 0 Å². The third kappa shape index (κ3) is 3.44. The fraction of sp³-hybridized carbons (Fsp3) is 0.500. The fourth-order valence-electron chi connectivity index (χ4n) is 1.43. The van der Waals surface area contributed by atoms with Gasteiger partial charge in [-0.1, -0.05) is 13.3 Å². The molecule has 1 aromatic rings. The second kappa shape index (κ2) is 6.02. The van der Waals surface area contributed by atoms with Crippen LogP contribution in [0.5, 0.6) is 5.75 Å². The Morgan fingerprint density at radius 1 is 1.24 bits per heavy atom. The molecule has 0 atom stereocenters. The average Bonchev–Trinajstić information content (AvgIpc) is 2.35. The van der Waals surface area contributed by atoms with E-state index in [0.29, 0.717) is 17.2 Å². The molecule has 4 nitrogen and oxygen atoms in total. The predicted molar refractivity (Wildman–Crippen MR) is 67.7 cm³/mol. The number of methoxy groups -OCH3 is 1. The lowest BCUT2D eigenvalue weighted by Crippen LogP contribution is -2.27. The van der Waals surface area contributed by atoms with Crippen LogP contribution in [-0.2, 0) is 10.0 Å². The van der Waals surface area contributed by atoms with E-state index in [1.807, 2.05) is 6.92 Å². The van der Waals surface area contributed by atoms with Crippen molar-refractivity contribution in [2.75, 3.05) is 20.7 Å². The first-order valence-electron chi connectivity index (χ1n) is 5.62. The molecule has 96 valence electrons. The van der Waals surface area contributed by atoms with Crippen molar-refractivity contribution in [1.82, 2.24) is 4.31 Å². The molecule has 0 bridgehead atoms. The van der Waals surface area contributed by atoms with Gasteiger partial charge in [0.1, 0.15) is 5.75 Å². The molecule has 1 rings (SSSR count). The van der Waals surface area contributed by atoms with Gasteiger partial charge in [-0.25, -0.2) is 12.7 Å². The SMILES string of the molecule is CCCCN(C)S(=O)(=O)c1ccc(OC)cc1. The second-order valence-electron chi connectivity index (χ2n) is 3.86. The van der Waals surface area contributed by atoms with E-state index in [0.717, 1.165) is 12.8 Å². The van der Waals surface area contributed by atoms with Crippen molar-refractivity contribution in [2.45, 2.75) is 24.7 Å². The number of ether oxygens (including phenoxy) is 1. The maximum Gasteiger partial charge on any atom is 0.242 e. The summed E-state index contributed by atoms with van der Waals surface area (Å²) in [6.07, 6.45) is 1.84. The minimum absolute atomic E-state index is 0.303. The van der Waals surface area contributed by atoms with Gasteiger partial charge in [0.05, 0.1) is 12.0 Å². The topological polar surface area (TPSA) is 46.6 Å². The Morgan fingerprint density at radius 3 is 2.29 bits per heavy atom. The van der Waals surface area contributed by atoms with E-state index in [2.05, 4.69) is 0 Å². The third-order valence-electron chi connectivity index (χ3n) is 2.59. The molecule has 0 saturated carbocycles. The molecule has 0 spiro atoms. The summed E-state index contributed by atoms with van der Waals surface area (Å²) < 4.78 is 30.6. The van der Waals surface area contributed by atoms with E-state index in [-0.39, 0.29) is 0 Å². The zero-order valence-electron chi connectivity index (χ0n) is 10.5. The van der Waals surface area contributed by atoms with E-state index < -0.39 is 10.0 Å². The highest BCUT2D eigenvalue weighted by molar-refractivity contribution is 7.89. The van der Waals surface area contributed by atoms with Crippen molar-refractivity contribution in [3.8, 4) is 5.75 Å². The van der Waals surface area contributed by atoms with Gasteiger partial charge in [0.15, 0.2) is 0 Å². The molecule has 0 unspecified atom stereocenters. The molecular weight excluding hydrogens is 238 g/mol. The maximum atomic E-state index is 12.1. The summed E-state index contributed by atoms with van der Waals surface area (Å²) >= 11 is 0. The number of hydrogen-bond donors (Lipinski definition) is 0. The molecule has 0 saturated heterocycles. The van der Waals surface area contributed by atoms with Crippen LogP contribution >= 0.6 is 0 Å². The zero-order valence-corrected chi connectivity index (χ0v) is 11.3. The highest BCUT2D eigenvalue weighted by atomic mass is 32.2. The monoisotopic (exact) mass is 257 g/mol. The fourth-order valence-corrected chi connectivity index (χ4v) is 2.64. The Kier molecular flexibility index (Phi) is 4.96. The standard InChI is InChI=1S/C12H19NO3S/c1-4-5-10-13(2)17(14,15)12-8-6-11(16-3)7-9-12/h6-9H,4-5,10H2,1-3H3. The molecule has 17 heavy (non-hydrogen) atoms. The Balaban J connectivity index is 2.88. The molecule has 0 aromatic heterocycles. The molecule has 0 amide bonds. The number of nitrogens with zero attached hydrogens (tertiary/aromatic N) is 1. The lowest BCUT2D eigenvalue weighted by Gasteiger charge is -2.16. The smallest absolute Gasteiger partial charge is 0.242 e. The molecule has 0 radical (unpaired) electrons. The second-order valence-corrected chi connectivity index (χ2v) is 5.90. The summed E-state index contributed by atoms with van der Waals surface area (Å²) in [4.78, 5) is 0.303. The molecule has 5 heteroatoms. The van der Waals surface area contributed by atoms with Crippen molar-refractivity contribution < 1.29 is 13.2 Å². The minimum Gasteiger partial charge on any atom is -0.497 e. The Labute approximate surface area is 103 Å². The quantitative estimate of drug-likeness (QED) is 0.784.